The van der Waals surface area contributed by atoms with Gasteiger partial charge in [0.2, 0.25) is 0 Å². The third kappa shape index (κ3) is 1.76. The van der Waals surface area contributed by atoms with Crippen LogP contribution >= 0.6 is 0 Å². The van der Waals surface area contributed by atoms with E-state index in [4.69, 9.17) is 15.6 Å². The molecule has 1 saturated heterocycles. The maximum absolute atomic E-state index is 10.6. The molecule has 4 heteroatoms. The molecule has 1 unspecified atom stereocenters. The summed E-state index contributed by atoms with van der Waals surface area (Å²) in [4.78, 5) is 10.6. The Kier molecular flexibility index (Phi) is 2.69. The van der Waals surface area contributed by atoms with Crippen molar-refractivity contribution in [2.45, 2.75) is 25.8 Å². The minimum atomic E-state index is -0.917. The molecule has 12 heavy (non-hydrogen) atoms. The highest BCUT2D eigenvalue weighted by Gasteiger charge is 2.37. The SMILES string of the molecule is CC1(C(N)C(=O)O)CCOCC1. The number of nitrogens with two attached hydrogens (primary N) is 1. The van der Waals surface area contributed by atoms with Crippen LogP contribution in [0, 0.1) is 5.41 Å². The van der Waals surface area contributed by atoms with Gasteiger partial charge in [-0.1, -0.05) is 6.92 Å². The Balaban J connectivity index is 2.62. The number of carbonyl (C=O) groups is 1. The summed E-state index contributed by atoms with van der Waals surface area (Å²) < 4.78 is 5.15. The van der Waals surface area contributed by atoms with Crippen molar-refractivity contribution in [3.63, 3.8) is 0 Å². The number of carboxylic acids is 1. The van der Waals surface area contributed by atoms with Crippen molar-refractivity contribution < 1.29 is 14.6 Å². The van der Waals surface area contributed by atoms with Crippen molar-refractivity contribution in [2.24, 2.45) is 11.1 Å². The summed E-state index contributed by atoms with van der Waals surface area (Å²) in [5.41, 5.74) is 5.28. The first-order valence-electron chi connectivity index (χ1n) is 4.12. The normalized spacial score (nSPS) is 24.8. The van der Waals surface area contributed by atoms with Gasteiger partial charge in [0.15, 0.2) is 0 Å². The van der Waals surface area contributed by atoms with Crippen molar-refractivity contribution >= 4 is 5.97 Å². The van der Waals surface area contributed by atoms with Gasteiger partial charge in [-0.2, -0.15) is 0 Å². The molecule has 0 amide bonds. The van der Waals surface area contributed by atoms with E-state index in [1.165, 1.54) is 0 Å². The van der Waals surface area contributed by atoms with E-state index in [-0.39, 0.29) is 5.41 Å². The molecular formula is C8H15NO3. The van der Waals surface area contributed by atoms with Gasteiger partial charge < -0.3 is 15.6 Å². The zero-order valence-electron chi connectivity index (χ0n) is 7.25. The zero-order chi connectivity index (χ0) is 9.19. The molecule has 0 spiro atoms. The molecule has 70 valence electrons. The Labute approximate surface area is 71.7 Å². The summed E-state index contributed by atoms with van der Waals surface area (Å²) in [6.07, 6.45) is 1.47. The van der Waals surface area contributed by atoms with E-state index >= 15 is 0 Å². The van der Waals surface area contributed by atoms with Gasteiger partial charge >= 0.3 is 5.97 Å². The van der Waals surface area contributed by atoms with Crippen molar-refractivity contribution in [1.82, 2.24) is 0 Å². The molecule has 1 aliphatic heterocycles. The van der Waals surface area contributed by atoms with Gasteiger partial charge in [0.05, 0.1) is 0 Å². The highest BCUT2D eigenvalue weighted by molar-refractivity contribution is 5.74. The lowest BCUT2D eigenvalue weighted by atomic mass is 9.76. The average molecular weight is 173 g/mol. The summed E-state index contributed by atoms with van der Waals surface area (Å²) in [5.74, 6) is -0.917. The highest BCUT2D eigenvalue weighted by Crippen LogP contribution is 2.32. The van der Waals surface area contributed by atoms with E-state index in [1.807, 2.05) is 6.92 Å². The van der Waals surface area contributed by atoms with Crippen LogP contribution in [0.4, 0.5) is 0 Å². The standard InChI is InChI=1S/C8H15NO3/c1-8(6(9)7(10)11)2-4-12-5-3-8/h6H,2-5,9H2,1H3,(H,10,11). The third-order valence-electron chi connectivity index (χ3n) is 2.65. The van der Waals surface area contributed by atoms with Gasteiger partial charge in [0.25, 0.3) is 0 Å². The van der Waals surface area contributed by atoms with Gasteiger partial charge in [-0.15, -0.1) is 0 Å². The molecule has 4 nitrogen and oxygen atoms in total. The van der Waals surface area contributed by atoms with Crippen molar-refractivity contribution in [2.75, 3.05) is 13.2 Å². The second-order valence-corrected chi connectivity index (χ2v) is 3.58. The topological polar surface area (TPSA) is 72.6 Å². The summed E-state index contributed by atoms with van der Waals surface area (Å²) in [6.45, 7) is 3.16. The number of aliphatic carboxylic acids is 1. The molecule has 0 aromatic carbocycles. The Hall–Kier alpha value is -0.610. The van der Waals surface area contributed by atoms with E-state index in [0.717, 1.165) is 12.8 Å². The van der Waals surface area contributed by atoms with Crippen LogP contribution in [0.5, 0.6) is 0 Å². The van der Waals surface area contributed by atoms with Gasteiger partial charge in [-0.3, -0.25) is 4.79 Å². The first kappa shape index (κ1) is 9.48. The number of carboxylic acid groups (broad SMARTS) is 1. The summed E-state index contributed by atoms with van der Waals surface area (Å²) >= 11 is 0. The Morgan fingerprint density at radius 3 is 2.50 bits per heavy atom. The van der Waals surface area contributed by atoms with E-state index in [1.54, 1.807) is 0 Å². The number of hydrogen-bond donors (Lipinski definition) is 2. The fourth-order valence-corrected chi connectivity index (χ4v) is 1.45. The van der Waals surface area contributed by atoms with Gasteiger partial charge in [-0.05, 0) is 18.3 Å². The van der Waals surface area contributed by atoms with Crippen LogP contribution in [0.15, 0.2) is 0 Å². The van der Waals surface area contributed by atoms with Gasteiger partial charge in [-0.25, -0.2) is 0 Å². The van der Waals surface area contributed by atoms with Crippen molar-refractivity contribution in [3.05, 3.63) is 0 Å². The van der Waals surface area contributed by atoms with Crippen molar-refractivity contribution in [1.29, 1.82) is 0 Å². The Morgan fingerprint density at radius 2 is 2.08 bits per heavy atom. The molecule has 0 aliphatic carbocycles. The second-order valence-electron chi connectivity index (χ2n) is 3.58. The average Bonchev–Trinajstić information content (AvgIpc) is 2.04. The maximum atomic E-state index is 10.6. The largest absolute Gasteiger partial charge is 0.480 e. The molecule has 1 rings (SSSR count). The van der Waals surface area contributed by atoms with E-state index in [2.05, 4.69) is 0 Å². The minimum absolute atomic E-state index is 0.288. The van der Waals surface area contributed by atoms with E-state index in [0.29, 0.717) is 13.2 Å². The van der Waals surface area contributed by atoms with E-state index < -0.39 is 12.0 Å². The predicted molar refractivity (Wildman–Crippen MR) is 43.8 cm³/mol. The minimum Gasteiger partial charge on any atom is -0.480 e. The molecule has 1 heterocycles. The van der Waals surface area contributed by atoms with Crippen LogP contribution in [0.1, 0.15) is 19.8 Å². The third-order valence-corrected chi connectivity index (χ3v) is 2.65. The predicted octanol–water partition coefficient (Wildman–Crippen LogP) is 0.215. The number of rotatable bonds is 2. The lowest BCUT2D eigenvalue weighted by molar-refractivity contribution is -0.143. The summed E-state index contributed by atoms with van der Waals surface area (Å²) in [7, 11) is 0. The molecule has 0 aromatic heterocycles. The summed E-state index contributed by atoms with van der Waals surface area (Å²) in [6, 6.07) is -0.763. The molecule has 3 N–H and O–H groups in total. The van der Waals surface area contributed by atoms with Gasteiger partial charge in [0, 0.05) is 13.2 Å². The molecule has 1 atom stereocenters. The highest BCUT2D eigenvalue weighted by atomic mass is 16.5. The van der Waals surface area contributed by atoms with Crippen LogP contribution in [0.2, 0.25) is 0 Å². The lowest BCUT2D eigenvalue weighted by Crippen LogP contribution is -2.48. The number of hydrogen-bond acceptors (Lipinski definition) is 3. The van der Waals surface area contributed by atoms with Gasteiger partial charge in [0.1, 0.15) is 6.04 Å². The van der Waals surface area contributed by atoms with Crippen LogP contribution in [0.3, 0.4) is 0 Å². The molecule has 0 saturated carbocycles. The Bertz CT molecular complexity index is 175. The van der Waals surface area contributed by atoms with Crippen LogP contribution in [-0.2, 0) is 9.53 Å². The fourth-order valence-electron chi connectivity index (χ4n) is 1.45. The fraction of sp³-hybridized carbons (Fsp3) is 0.875. The smallest absolute Gasteiger partial charge is 0.321 e. The first-order valence-corrected chi connectivity index (χ1v) is 4.12. The van der Waals surface area contributed by atoms with Crippen LogP contribution in [0.25, 0.3) is 0 Å². The van der Waals surface area contributed by atoms with Crippen LogP contribution < -0.4 is 5.73 Å². The molecule has 0 radical (unpaired) electrons. The molecule has 1 fully saturated rings. The monoisotopic (exact) mass is 173 g/mol. The number of ether oxygens (including phenoxy) is 1. The molecule has 1 aliphatic rings. The summed E-state index contributed by atoms with van der Waals surface area (Å²) in [5, 5.41) is 8.73. The first-order chi connectivity index (χ1) is 5.56. The molecule has 0 bridgehead atoms. The molecule has 0 aromatic rings. The molecular weight excluding hydrogens is 158 g/mol. The quantitative estimate of drug-likeness (QED) is 0.626. The lowest BCUT2D eigenvalue weighted by Gasteiger charge is -2.36. The maximum Gasteiger partial charge on any atom is 0.321 e. The van der Waals surface area contributed by atoms with E-state index in [9.17, 15) is 4.79 Å². The van der Waals surface area contributed by atoms with Crippen molar-refractivity contribution in [3.8, 4) is 0 Å². The second kappa shape index (κ2) is 3.41. The van der Waals surface area contributed by atoms with Crippen LogP contribution in [-0.4, -0.2) is 30.3 Å². The Morgan fingerprint density at radius 1 is 1.58 bits per heavy atom. The zero-order valence-corrected chi connectivity index (χ0v) is 7.25.